The molecule has 4 rings (SSSR count). The molecule has 0 saturated heterocycles. The Morgan fingerprint density at radius 2 is 1.66 bits per heavy atom. The quantitative estimate of drug-likeness (QED) is 0.698. The smallest absolute Gasteiger partial charge is 0.315 e. The number of nitrogens with zero attached hydrogens (tertiary/aromatic N) is 2. The Labute approximate surface area is 171 Å². The highest BCUT2D eigenvalue weighted by Gasteiger charge is 2.19. The number of rotatable bonds is 6. The summed E-state index contributed by atoms with van der Waals surface area (Å²) in [6.45, 7) is 1.18. The first-order valence-corrected chi connectivity index (χ1v) is 11.0. The van der Waals surface area contributed by atoms with E-state index in [0.717, 1.165) is 36.7 Å². The second kappa shape index (κ2) is 9.29. The normalized spacial score (nSPS) is 18.1. The first-order chi connectivity index (χ1) is 14.2. The molecule has 1 heterocycles. The fourth-order valence-electron chi connectivity index (χ4n) is 4.50. The molecule has 1 aromatic heterocycles. The number of fused-ring (bicyclic) bond motifs is 1. The van der Waals surface area contributed by atoms with Gasteiger partial charge in [0, 0.05) is 30.7 Å². The highest BCUT2D eigenvalue weighted by Crippen LogP contribution is 2.20. The van der Waals surface area contributed by atoms with E-state index in [1.54, 1.807) is 6.33 Å². The summed E-state index contributed by atoms with van der Waals surface area (Å²) in [7, 11) is 0. The van der Waals surface area contributed by atoms with Gasteiger partial charge in [0.05, 0.1) is 17.4 Å². The van der Waals surface area contributed by atoms with E-state index in [9.17, 15) is 9.59 Å². The summed E-state index contributed by atoms with van der Waals surface area (Å²) in [5.74, 6) is -0.0191. The summed E-state index contributed by atoms with van der Waals surface area (Å²) in [5.41, 5.74) is 2.42. The van der Waals surface area contributed by atoms with Gasteiger partial charge in [-0.1, -0.05) is 32.1 Å². The molecule has 0 spiro atoms. The van der Waals surface area contributed by atoms with Crippen LogP contribution in [0.3, 0.4) is 0 Å². The van der Waals surface area contributed by atoms with Gasteiger partial charge in [-0.05, 0) is 43.9 Å². The van der Waals surface area contributed by atoms with Crippen LogP contribution in [-0.4, -0.2) is 40.1 Å². The van der Waals surface area contributed by atoms with Crippen LogP contribution in [0.5, 0.6) is 0 Å². The van der Waals surface area contributed by atoms with Gasteiger partial charge in [0.25, 0.3) is 5.91 Å². The van der Waals surface area contributed by atoms with Crippen molar-refractivity contribution in [2.24, 2.45) is 0 Å². The van der Waals surface area contributed by atoms with E-state index >= 15 is 0 Å². The minimum atomic E-state index is -0.0906. The van der Waals surface area contributed by atoms with Crippen LogP contribution in [0.25, 0.3) is 11.0 Å². The number of urea groups is 1. The van der Waals surface area contributed by atoms with E-state index in [1.807, 2.05) is 22.8 Å². The lowest BCUT2D eigenvalue weighted by atomic mass is 9.96. The first-order valence-electron chi connectivity index (χ1n) is 11.0. The van der Waals surface area contributed by atoms with Crippen LogP contribution in [-0.2, 0) is 6.54 Å². The molecule has 1 aromatic carbocycles. The molecule has 0 aliphatic heterocycles. The van der Waals surface area contributed by atoms with Crippen molar-refractivity contribution in [3.05, 3.63) is 30.1 Å². The number of nitrogens with one attached hydrogen (secondary N) is 3. The molecular weight excluding hydrogens is 366 g/mol. The molecule has 7 heteroatoms. The highest BCUT2D eigenvalue weighted by atomic mass is 16.2. The second-order valence-electron chi connectivity index (χ2n) is 8.33. The number of hydrogen-bond donors (Lipinski definition) is 3. The molecule has 7 nitrogen and oxygen atoms in total. The number of aromatic nitrogens is 2. The lowest BCUT2D eigenvalue weighted by molar-refractivity contribution is 0.0938. The van der Waals surface area contributed by atoms with Crippen molar-refractivity contribution in [1.29, 1.82) is 0 Å². The van der Waals surface area contributed by atoms with Crippen LogP contribution in [0, 0.1) is 0 Å². The standard InChI is InChI=1S/C22H31N5O2/c28-21(25-17-8-4-5-9-17)16-10-11-20-19(14-16)24-15-27(20)13-12-23-22(29)26-18-6-2-1-3-7-18/h10-11,14-15,17-18H,1-9,12-13H2,(H,25,28)(H2,23,26,29). The zero-order valence-electron chi connectivity index (χ0n) is 17.0. The van der Waals surface area contributed by atoms with Crippen LogP contribution in [0.4, 0.5) is 4.79 Å². The van der Waals surface area contributed by atoms with Gasteiger partial charge in [0.1, 0.15) is 0 Å². The third kappa shape index (κ3) is 5.08. The predicted octanol–water partition coefficient (Wildman–Crippen LogP) is 3.34. The summed E-state index contributed by atoms with van der Waals surface area (Å²) in [4.78, 5) is 29.0. The topological polar surface area (TPSA) is 88.0 Å². The predicted molar refractivity (Wildman–Crippen MR) is 113 cm³/mol. The van der Waals surface area contributed by atoms with Crippen molar-refractivity contribution < 1.29 is 9.59 Å². The van der Waals surface area contributed by atoms with Crippen molar-refractivity contribution in [1.82, 2.24) is 25.5 Å². The fourth-order valence-corrected chi connectivity index (χ4v) is 4.50. The molecule has 3 N–H and O–H groups in total. The van der Waals surface area contributed by atoms with Crippen molar-refractivity contribution in [2.75, 3.05) is 6.54 Å². The number of hydrogen-bond acceptors (Lipinski definition) is 3. The first kappa shape index (κ1) is 19.7. The molecule has 156 valence electrons. The molecule has 2 saturated carbocycles. The van der Waals surface area contributed by atoms with Crippen LogP contribution in [0.2, 0.25) is 0 Å². The molecule has 0 radical (unpaired) electrons. The average molecular weight is 398 g/mol. The van der Waals surface area contributed by atoms with Crippen LogP contribution in [0.1, 0.15) is 68.1 Å². The van der Waals surface area contributed by atoms with Gasteiger partial charge in [-0.3, -0.25) is 4.79 Å². The maximum Gasteiger partial charge on any atom is 0.315 e. The summed E-state index contributed by atoms with van der Waals surface area (Å²) in [5, 5.41) is 9.13. The maximum atomic E-state index is 12.5. The second-order valence-corrected chi connectivity index (χ2v) is 8.33. The molecule has 2 aliphatic rings. The fraction of sp³-hybridized carbons (Fsp3) is 0.591. The van der Waals surface area contributed by atoms with Crippen molar-refractivity contribution >= 4 is 23.0 Å². The summed E-state index contributed by atoms with van der Waals surface area (Å²) >= 11 is 0. The summed E-state index contributed by atoms with van der Waals surface area (Å²) in [6, 6.07) is 6.17. The number of carbonyl (C=O) groups excluding carboxylic acids is 2. The zero-order valence-corrected chi connectivity index (χ0v) is 17.0. The lowest BCUT2D eigenvalue weighted by Gasteiger charge is -2.22. The summed E-state index contributed by atoms with van der Waals surface area (Å²) in [6.07, 6.45) is 12.1. The molecule has 2 fully saturated rings. The molecule has 0 atom stereocenters. The largest absolute Gasteiger partial charge is 0.349 e. The number of benzene rings is 1. The Morgan fingerprint density at radius 3 is 2.41 bits per heavy atom. The van der Waals surface area contributed by atoms with Crippen LogP contribution < -0.4 is 16.0 Å². The Bertz CT molecular complexity index is 850. The molecular formula is C22H31N5O2. The maximum absolute atomic E-state index is 12.5. The molecule has 2 aromatic rings. The van der Waals surface area contributed by atoms with Gasteiger partial charge >= 0.3 is 6.03 Å². The van der Waals surface area contributed by atoms with E-state index < -0.39 is 0 Å². The van der Waals surface area contributed by atoms with Gasteiger partial charge < -0.3 is 20.5 Å². The minimum Gasteiger partial charge on any atom is -0.349 e. The van der Waals surface area contributed by atoms with Gasteiger partial charge in [0.2, 0.25) is 0 Å². The van der Waals surface area contributed by atoms with Gasteiger partial charge in [-0.25, -0.2) is 9.78 Å². The van der Waals surface area contributed by atoms with Crippen LogP contribution >= 0.6 is 0 Å². The van der Waals surface area contributed by atoms with E-state index in [1.165, 1.54) is 32.1 Å². The molecule has 0 unspecified atom stereocenters. The average Bonchev–Trinajstić information content (AvgIpc) is 3.38. The Balaban J connectivity index is 1.29. The third-order valence-corrected chi connectivity index (χ3v) is 6.15. The number of amides is 3. The zero-order chi connectivity index (χ0) is 20.1. The van der Waals surface area contributed by atoms with E-state index in [4.69, 9.17) is 0 Å². The monoisotopic (exact) mass is 397 g/mol. The van der Waals surface area contributed by atoms with Gasteiger partial charge in [-0.2, -0.15) is 0 Å². The Kier molecular flexibility index (Phi) is 6.32. The number of imidazole rings is 1. The Morgan fingerprint density at radius 1 is 0.966 bits per heavy atom. The number of carbonyl (C=O) groups is 2. The third-order valence-electron chi connectivity index (χ3n) is 6.15. The molecule has 2 aliphatic carbocycles. The van der Waals surface area contributed by atoms with Crippen molar-refractivity contribution in [3.63, 3.8) is 0 Å². The highest BCUT2D eigenvalue weighted by molar-refractivity contribution is 5.97. The van der Waals surface area contributed by atoms with E-state index in [2.05, 4.69) is 20.9 Å². The SMILES string of the molecule is O=C(NCCn1cnc2cc(C(=O)NC3CCCC3)ccc21)NC1CCCCC1. The summed E-state index contributed by atoms with van der Waals surface area (Å²) < 4.78 is 2.01. The lowest BCUT2D eigenvalue weighted by Crippen LogP contribution is -2.43. The Hall–Kier alpha value is -2.57. The molecule has 3 amide bonds. The van der Waals surface area contributed by atoms with E-state index in [0.29, 0.717) is 30.7 Å². The van der Waals surface area contributed by atoms with Gasteiger partial charge in [-0.15, -0.1) is 0 Å². The van der Waals surface area contributed by atoms with E-state index in [-0.39, 0.29) is 11.9 Å². The minimum absolute atomic E-state index is 0.0191. The van der Waals surface area contributed by atoms with Crippen molar-refractivity contribution in [2.45, 2.75) is 76.4 Å². The molecule has 0 bridgehead atoms. The van der Waals surface area contributed by atoms with Crippen LogP contribution in [0.15, 0.2) is 24.5 Å². The van der Waals surface area contributed by atoms with Crippen molar-refractivity contribution in [3.8, 4) is 0 Å². The molecule has 29 heavy (non-hydrogen) atoms. The van der Waals surface area contributed by atoms with Gasteiger partial charge in [0.15, 0.2) is 0 Å².